The van der Waals surface area contributed by atoms with Crippen LogP contribution in [0.1, 0.15) is 32.6 Å². The molecule has 2 aliphatic rings. The zero-order valence-corrected chi connectivity index (χ0v) is 9.91. The fourth-order valence-corrected chi connectivity index (χ4v) is 2.61. The third-order valence-corrected chi connectivity index (χ3v) is 3.41. The number of rotatable bonds is 4. The Labute approximate surface area is 96.7 Å². The van der Waals surface area contributed by atoms with E-state index in [0.29, 0.717) is 18.6 Å². The van der Waals surface area contributed by atoms with E-state index in [1.807, 2.05) is 6.92 Å². The van der Waals surface area contributed by atoms with E-state index < -0.39 is 0 Å². The van der Waals surface area contributed by atoms with Gasteiger partial charge in [-0.1, -0.05) is 0 Å². The van der Waals surface area contributed by atoms with Crippen LogP contribution >= 0.6 is 0 Å². The quantitative estimate of drug-likeness (QED) is 0.731. The van der Waals surface area contributed by atoms with E-state index in [1.165, 1.54) is 12.8 Å². The van der Waals surface area contributed by atoms with Gasteiger partial charge in [0.2, 0.25) is 0 Å². The first-order chi connectivity index (χ1) is 7.79. The van der Waals surface area contributed by atoms with Gasteiger partial charge in [-0.3, -0.25) is 4.79 Å². The lowest BCUT2D eigenvalue weighted by atomic mass is 9.97. The second kappa shape index (κ2) is 5.64. The van der Waals surface area contributed by atoms with Crippen LogP contribution in [0.2, 0.25) is 0 Å². The summed E-state index contributed by atoms with van der Waals surface area (Å²) in [6.45, 7) is 4.14. The van der Waals surface area contributed by atoms with Gasteiger partial charge >= 0.3 is 5.97 Å². The summed E-state index contributed by atoms with van der Waals surface area (Å²) >= 11 is 0. The van der Waals surface area contributed by atoms with E-state index in [9.17, 15) is 4.79 Å². The number of hydrogen-bond acceptors (Lipinski definition) is 4. The largest absolute Gasteiger partial charge is 0.465 e. The van der Waals surface area contributed by atoms with Gasteiger partial charge in [-0.25, -0.2) is 0 Å². The SMILES string of the molecule is CCOC(=O)C1CC(CC2CCCO2)CN1. The molecule has 3 atom stereocenters. The average molecular weight is 227 g/mol. The van der Waals surface area contributed by atoms with Crippen molar-refractivity contribution in [2.45, 2.75) is 44.8 Å². The van der Waals surface area contributed by atoms with E-state index in [2.05, 4.69) is 5.32 Å². The van der Waals surface area contributed by atoms with Crippen LogP contribution < -0.4 is 5.32 Å². The number of esters is 1. The molecule has 0 bridgehead atoms. The van der Waals surface area contributed by atoms with Crippen molar-refractivity contribution < 1.29 is 14.3 Å². The Morgan fingerprint density at radius 2 is 2.44 bits per heavy atom. The van der Waals surface area contributed by atoms with E-state index in [4.69, 9.17) is 9.47 Å². The smallest absolute Gasteiger partial charge is 0.323 e. The van der Waals surface area contributed by atoms with Crippen molar-refractivity contribution in [3.8, 4) is 0 Å². The molecule has 2 heterocycles. The van der Waals surface area contributed by atoms with Crippen molar-refractivity contribution >= 4 is 5.97 Å². The molecule has 0 aliphatic carbocycles. The molecule has 0 aromatic rings. The van der Waals surface area contributed by atoms with Gasteiger partial charge < -0.3 is 14.8 Å². The molecular weight excluding hydrogens is 206 g/mol. The van der Waals surface area contributed by atoms with Gasteiger partial charge in [-0.15, -0.1) is 0 Å². The molecule has 4 nitrogen and oxygen atoms in total. The lowest BCUT2D eigenvalue weighted by Gasteiger charge is -2.14. The van der Waals surface area contributed by atoms with Crippen LogP contribution in [0.5, 0.6) is 0 Å². The van der Waals surface area contributed by atoms with Gasteiger partial charge in [0.05, 0.1) is 12.7 Å². The highest BCUT2D eigenvalue weighted by Gasteiger charge is 2.32. The van der Waals surface area contributed by atoms with Crippen molar-refractivity contribution in [3.05, 3.63) is 0 Å². The molecule has 1 N–H and O–H groups in total. The molecule has 0 radical (unpaired) electrons. The van der Waals surface area contributed by atoms with E-state index in [0.717, 1.165) is 26.0 Å². The zero-order chi connectivity index (χ0) is 11.4. The van der Waals surface area contributed by atoms with Crippen molar-refractivity contribution in [1.29, 1.82) is 0 Å². The molecule has 3 unspecified atom stereocenters. The Hall–Kier alpha value is -0.610. The van der Waals surface area contributed by atoms with Gasteiger partial charge in [0, 0.05) is 6.61 Å². The summed E-state index contributed by atoms with van der Waals surface area (Å²) in [7, 11) is 0. The molecule has 2 rings (SSSR count). The Kier molecular flexibility index (Phi) is 4.18. The van der Waals surface area contributed by atoms with E-state index in [-0.39, 0.29) is 12.0 Å². The molecule has 4 heteroatoms. The number of carbonyl (C=O) groups excluding carboxylic acids is 1. The Balaban J connectivity index is 1.72. The highest BCUT2D eigenvalue weighted by atomic mass is 16.5. The van der Waals surface area contributed by atoms with E-state index >= 15 is 0 Å². The first-order valence-electron chi connectivity index (χ1n) is 6.31. The summed E-state index contributed by atoms with van der Waals surface area (Å²) in [5, 5.41) is 3.24. The fraction of sp³-hybridized carbons (Fsp3) is 0.917. The second-order valence-electron chi connectivity index (χ2n) is 4.69. The minimum atomic E-state index is -0.0997. The fourth-order valence-electron chi connectivity index (χ4n) is 2.61. The van der Waals surface area contributed by atoms with Crippen molar-refractivity contribution in [2.75, 3.05) is 19.8 Å². The highest BCUT2D eigenvalue weighted by molar-refractivity contribution is 5.76. The van der Waals surface area contributed by atoms with Gasteiger partial charge in [0.25, 0.3) is 0 Å². The maximum Gasteiger partial charge on any atom is 0.323 e. The molecule has 0 saturated carbocycles. The minimum Gasteiger partial charge on any atom is -0.465 e. The van der Waals surface area contributed by atoms with Gasteiger partial charge in [-0.05, 0) is 45.1 Å². The molecule has 0 amide bonds. The number of nitrogens with one attached hydrogen (secondary N) is 1. The van der Waals surface area contributed by atoms with Crippen LogP contribution in [0.25, 0.3) is 0 Å². The molecule has 0 aromatic heterocycles. The first-order valence-corrected chi connectivity index (χ1v) is 6.31. The van der Waals surface area contributed by atoms with Gasteiger partial charge in [-0.2, -0.15) is 0 Å². The maximum atomic E-state index is 11.5. The predicted molar refractivity (Wildman–Crippen MR) is 60.1 cm³/mol. The van der Waals surface area contributed by atoms with Crippen LogP contribution in [0.4, 0.5) is 0 Å². The molecule has 2 fully saturated rings. The van der Waals surface area contributed by atoms with Crippen molar-refractivity contribution in [1.82, 2.24) is 5.32 Å². The van der Waals surface area contributed by atoms with Crippen LogP contribution in [-0.2, 0) is 14.3 Å². The summed E-state index contributed by atoms with van der Waals surface area (Å²) < 4.78 is 10.6. The highest BCUT2D eigenvalue weighted by Crippen LogP contribution is 2.25. The minimum absolute atomic E-state index is 0.0913. The third kappa shape index (κ3) is 2.95. The summed E-state index contributed by atoms with van der Waals surface area (Å²) in [6, 6.07) is -0.0913. The molecule has 0 aromatic carbocycles. The maximum absolute atomic E-state index is 11.5. The Bertz CT molecular complexity index is 238. The summed E-state index contributed by atoms with van der Waals surface area (Å²) in [5.41, 5.74) is 0. The molecule has 0 spiro atoms. The molecule has 2 aliphatic heterocycles. The molecular formula is C12H21NO3. The van der Waals surface area contributed by atoms with Crippen LogP contribution in [0.15, 0.2) is 0 Å². The first kappa shape index (κ1) is 11.9. The summed E-state index contributed by atoms with van der Waals surface area (Å²) in [5.74, 6) is 0.467. The normalized spacial score (nSPS) is 34.2. The van der Waals surface area contributed by atoms with Crippen molar-refractivity contribution in [2.24, 2.45) is 5.92 Å². The average Bonchev–Trinajstić information content (AvgIpc) is 2.90. The molecule has 2 saturated heterocycles. The summed E-state index contributed by atoms with van der Waals surface area (Å²) in [6.07, 6.45) is 4.78. The van der Waals surface area contributed by atoms with Gasteiger partial charge in [0.15, 0.2) is 0 Å². The standard InChI is InChI=1S/C12H21NO3/c1-2-15-12(14)11-7-9(8-13-11)6-10-4-3-5-16-10/h9-11,13H,2-8H2,1H3. The monoisotopic (exact) mass is 227 g/mol. The lowest BCUT2D eigenvalue weighted by Crippen LogP contribution is -2.32. The van der Waals surface area contributed by atoms with Crippen LogP contribution in [-0.4, -0.2) is 37.9 Å². The number of hydrogen-bond donors (Lipinski definition) is 1. The second-order valence-corrected chi connectivity index (χ2v) is 4.69. The number of carbonyl (C=O) groups is 1. The zero-order valence-electron chi connectivity index (χ0n) is 9.91. The van der Waals surface area contributed by atoms with Crippen LogP contribution in [0.3, 0.4) is 0 Å². The van der Waals surface area contributed by atoms with E-state index in [1.54, 1.807) is 0 Å². The number of ether oxygens (including phenoxy) is 2. The Morgan fingerprint density at radius 3 is 3.12 bits per heavy atom. The van der Waals surface area contributed by atoms with Crippen molar-refractivity contribution in [3.63, 3.8) is 0 Å². The van der Waals surface area contributed by atoms with Crippen LogP contribution in [0, 0.1) is 5.92 Å². The topological polar surface area (TPSA) is 47.6 Å². The third-order valence-electron chi connectivity index (χ3n) is 3.41. The lowest BCUT2D eigenvalue weighted by molar-refractivity contribution is -0.145. The predicted octanol–water partition coefficient (Wildman–Crippen LogP) is 1.10. The van der Waals surface area contributed by atoms with Gasteiger partial charge in [0.1, 0.15) is 6.04 Å². The molecule has 16 heavy (non-hydrogen) atoms. The summed E-state index contributed by atoms with van der Waals surface area (Å²) in [4.78, 5) is 11.5. The Morgan fingerprint density at radius 1 is 1.56 bits per heavy atom. The molecule has 92 valence electrons.